The summed E-state index contributed by atoms with van der Waals surface area (Å²) in [5.41, 5.74) is 6.70. The van der Waals surface area contributed by atoms with Crippen LogP contribution in [0, 0.1) is 6.92 Å². The first-order chi connectivity index (χ1) is 9.24. The van der Waals surface area contributed by atoms with E-state index in [9.17, 15) is 0 Å². The van der Waals surface area contributed by atoms with Gasteiger partial charge in [-0.2, -0.15) is 0 Å². The van der Waals surface area contributed by atoms with Crippen LogP contribution in [0.1, 0.15) is 5.01 Å². The number of nitrogen functional groups attached to an aromatic ring is 1. The standard InChI is InChI=1S/C12H16N6S/c1-9-15-16-12(19-9)18-7-5-17(6-8-18)11-10(13)3-2-4-14-11/h2-4H,5-8,13H2,1H3. The molecule has 3 heterocycles. The van der Waals surface area contributed by atoms with Gasteiger partial charge in [0.15, 0.2) is 5.82 Å². The van der Waals surface area contributed by atoms with Crippen molar-refractivity contribution in [1.29, 1.82) is 0 Å². The van der Waals surface area contributed by atoms with Crippen LogP contribution in [0.3, 0.4) is 0 Å². The van der Waals surface area contributed by atoms with Gasteiger partial charge in [-0.05, 0) is 19.1 Å². The van der Waals surface area contributed by atoms with Gasteiger partial charge >= 0.3 is 0 Å². The van der Waals surface area contributed by atoms with Crippen LogP contribution in [-0.2, 0) is 0 Å². The molecule has 19 heavy (non-hydrogen) atoms. The van der Waals surface area contributed by atoms with E-state index in [2.05, 4.69) is 25.0 Å². The van der Waals surface area contributed by atoms with E-state index in [0.717, 1.165) is 47.8 Å². The highest BCUT2D eigenvalue weighted by atomic mass is 32.1. The lowest BCUT2D eigenvalue weighted by atomic mass is 10.3. The molecule has 7 heteroatoms. The summed E-state index contributed by atoms with van der Waals surface area (Å²) in [7, 11) is 0. The molecular formula is C12H16N6S. The molecule has 0 unspecified atom stereocenters. The summed E-state index contributed by atoms with van der Waals surface area (Å²) < 4.78 is 0. The molecule has 0 aliphatic carbocycles. The SMILES string of the molecule is Cc1nnc(N2CCN(c3ncccc3N)CC2)s1. The van der Waals surface area contributed by atoms with E-state index >= 15 is 0 Å². The molecule has 6 nitrogen and oxygen atoms in total. The number of pyridine rings is 1. The summed E-state index contributed by atoms with van der Waals surface area (Å²) in [4.78, 5) is 8.85. The van der Waals surface area contributed by atoms with Crippen LogP contribution in [0.4, 0.5) is 16.6 Å². The lowest BCUT2D eigenvalue weighted by molar-refractivity contribution is 0.644. The maximum absolute atomic E-state index is 5.96. The minimum Gasteiger partial charge on any atom is -0.396 e. The van der Waals surface area contributed by atoms with Crippen LogP contribution < -0.4 is 15.5 Å². The van der Waals surface area contributed by atoms with Gasteiger partial charge in [-0.3, -0.25) is 0 Å². The summed E-state index contributed by atoms with van der Waals surface area (Å²) in [6, 6.07) is 3.75. The number of nitrogens with two attached hydrogens (primary N) is 1. The number of anilines is 3. The van der Waals surface area contributed by atoms with Crippen LogP contribution in [0.15, 0.2) is 18.3 Å². The lowest BCUT2D eigenvalue weighted by Crippen LogP contribution is -2.47. The predicted octanol–water partition coefficient (Wildman–Crippen LogP) is 1.15. The van der Waals surface area contributed by atoms with Crippen molar-refractivity contribution in [3.63, 3.8) is 0 Å². The second-order valence-corrected chi connectivity index (χ2v) is 5.65. The summed E-state index contributed by atoms with van der Waals surface area (Å²) in [5.74, 6) is 0.885. The number of hydrogen-bond donors (Lipinski definition) is 1. The van der Waals surface area contributed by atoms with Crippen molar-refractivity contribution in [2.45, 2.75) is 6.92 Å². The molecule has 1 aliphatic heterocycles. The van der Waals surface area contributed by atoms with E-state index in [-0.39, 0.29) is 0 Å². The number of hydrogen-bond acceptors (Lipinski definition) is 7. The summed E-state index contributed by atoms with van der Waals surface area (Å²) in [6.45, 7) is 5.63. The van der Waals surface area contributed by atoms with Gasteiger partial charge in [0.25, 0.3) is 0 Å². The monoisotopic (exact) mass is 276 g/mol. The summed E-state index contributed by atoms with van der Waals surface area (Å²) >= 11 is 1.64. The van der Waals surface area contributed by atoms with Crippen molar-refractivity contribution >= 4 is 28.0 Å². The molecule has 0 bridgehead atoms. The van der Waals surface area contributed by atoms with Crippen LogP contribution >= 0.6 is 11.3 Å². The van der Waals surface area contributed by atoms with Gasteiger partial charge in [-0.25, -0.2) is 4.98 Å². The largest absolute Gasteiger partial charge is 0.396 e. The number of rotatable bonds is 2. The molecule has 0 radical (unpaired) electrons. The summed E-state index contributed by atoms with van der Waals surface area (Å²) in [5, 5.41) is 10.3. The van der Waals surface area contributed by atoms with Crippen molar-refractivity contribution in [3.05, 3.63) is 23.3 Å². The number of piperazine rings is 1. The lowest BCUT2D eigenvalue weighted by Gasteiger charge is -2.35. The van der Waals surface area contributed by atoms with Crippen LogP contribution in [-0.4, -0.2) is 41.4 Å². The van der Waals surface area contributed by atoms with Crippen molar-refractivity contribution in [2.24, 2.45) is 0 Å². The molecule has 0 saturated carbocycles. The van der Waals surface area contributed by atoms with E-state index in [1.54, 1.807) is 17.5 Å². The van der Waals surface area contributed by atoms with Gasteiger partial charge in [0.1, 0.15) is 5.01 Å². The molecular weight excluding hydrogens is 260 g/mol. The van der Waals surface area contributed by atoms with Gasteiger partial charge in [-0.1, -0.05) is 11.3 Å². The molecule has 0 amide bonds. The maximum Gasteiger partial charge on any atom is 0.208 e. The zero-order valence-corrected chi connectivity index (χ0v) is 11.6. The third kappa shape index (κ3) is 2.46. The molecule has 1 fully saturated rings. The first-order valence-electron chi connectivity index (χ1n) is 6.24. The zero-order chi connectivity index (χ0) is 13.2. The zero-order valence-electron chi connectivity index (χ0n) is 10.8. The normalized spacial score (nSPS) is 15.8. The minimum absolute atomic E-state index is 0.739. The fraction of sp³-hybridized carbons (Fsp3) is 0.417. The molecule has 0 spiro atoms. The van der Waals surface area contributed by atoms with Gasteiger partial charge in [-0.15, -0.1) is 10.2 Å². The Balaban J connectivity index is 1.68. The maximum atomic E-state index is 5.96. The molecule has 1 aliphatic rings. The number of aromatic nitrogens is 3. The van der Waals surface area contributed by atoms with Crippen molar-refractivity contribution in [1.82, 2.24) is 15.2 Å². The Morgan fingerprint density at radius 2 is 1.89 bits per heavy atom. The average molecular weight is 276 g/mol. The van der Waals surface area contributed by atoms with Crippen molar-refractivity contribution < 1.29 is 0 Å². The minimum atomic E-state index is 0.739. The highest BCUT2D eigenvalue weighted by Gasteiger charge is 2.21. The van der Waals surface area contributed by atoms with Gasteiger partial charge in [0.2, 0.25) is 5.13 Å². The van der Waals surface area contributed by atoms with Crippen molar-refractivity contribution in [3.8, 4) is 0 Å². The Labute approximate surface area is 115 Å². The van der Waals surface area contributed by atoms with Crippen LogP contribution in [0.2, 0.25) is 0 Å². The van der Waals surface area contributed by atoms with Gasteiger partial charge in [0.05, 0.1) is 5.69 Å². The molecule has 2 aromatic rings. The van der Waals surface area contributed by atoms with E-state index in [1.807, 2.05) is 19.1 Å². The molecule has 3 rings (SSSR count). The van der Waals surface area contributed by atoms with Crippen molar-refractivity contribution in [2.75, 3.05) is 41.7 Å². The van der Waals surface area contributed by atoms with Gasteiger partial charge in [0, 0.05) is 32.4 Å². The Kier molecular flexibility index (Phi) is 3.20. The van der Waals surface area contributed by atoms with E-state index in [0.29, 0.717) is 0 Å². The molecule has 2 N–H and O–H groups in total. The molecule has 0 atom stereocenters. The fourth-order valence-corrected chi connectivity index (χ4v) is 2.94. The topological polar surface area (TPSA) is 71.2 Å². The van der Waals surface area contributed by atoms with E-state index in [1.165, 1.54) is 0 Å². The Bertz CT molecular complexity index is 561. The third-order valence-electron chi connectivity index (χ3n) is 3.18. The third-order valence-corrected chi connectivity index (χ3v) is 4.08. The fourth-order valence-electron chi connectivity index (χ4n) is 2.20. The second-order valence-electron chi connectivity index (χ2n) is 4.49. The first kappa shape index (κ1) is 12.2. The first-order valence-corrected chi connectivity index (χ1v) is 7.06. The van der Waals surface area contributed by atoms with Gasteiger partial charge < -0.3 is 15.5 Å². The number of aryl methyl sites for hydroxylation is 1. The van der Waals surface area contributed by atoms with Crippen LogP contribution in [0.5, 0.6) is 0 Å². The smallest absolute Gasteiger partial charge is 0.208 e. The Hall–Kier alpha value is -1.89. The molecule has 100 valence electrons. The highest BCUT2D eigenvalue weighted by Crippen LogP contribution is 2.24. The number of nitrogens with zero attached hydrogens (tertiary/aromatic N) is 5. The quantitative estimate of drug-likeness (QED) is 0.887. The Morgan fingerprint density at radius 3 is 2.53 bits per heavy atom. The Morgan fingerprint density at radius 1 is 1.16 bits per heavy atom. The van der Waals surface area contributed by atoms with Crippen LogP contribution in [0.25, 0.3) is 0 Å². The average Bonchev–Trinajstić information content (AvgIpc) is 2.86. The highest BCUT2D eigenvalue weighted by molar-refractivity contribution is 7.15. The predicted molar refractivity (Wildman–Crippen MR) is 77.7 cm³/mol. The van der Waals surface area contributed by atoms with E-state index in [4.69, 9.17) is 5.73 Å². The van der Waals surface area contributed by atoms with E-state index < -0.39 is 0 Å². The second kappa shape index (κ2) is 5.00. The summed E-state index contributed by atoms with van der Waals surface area (Å²) in [6.07, 6.45) is 1.78. The molecule has 2 aromatic heterocycles. The molecule has 1 saturated heterocycles. The molecule has 0 aromatic carbocycles.